The normalized spacial score (nSPS) is 18.0. The Morgan fingerprint density at radius 2 is 2.00 bits per heavy atom. The molecule has 1 aliphatic heterocycles. The summed E-state index contributed by atoms with van der Waals surface area (Å²) in [7, 11) is -3.48. The van der Waals surface area contributed by atoms with Crippen molar-refractivity contribution in [3.05, 3.63) is 54.4 Å². The third kappa shape index (κ3) is 4.31. The maximum absolute atomic E-state index is 13.6. The second kappa shape index (κ2) is 8.17. The highest BCUT2D eigenvalue weighted by Crippen LogP contribution is 2.32. The van der Waals surface area contributed by atoms with Crippen molar-refractivity contribution in [3.63, 3.8) is 0 Å². The number of aromatic nitrogens is 2. The average Bonchev–Trinajstić information content (AvgIpc) is 3.15. The van der Waals surface area contributed by atoms with E-state index in [2.05, 4.69) is 9.97 Å². The number of thiazole rings is 1. The van der Waals surface area contributed by atoms with Gasteiger partial charge in [-0.2, -0.15) is 4.31 Å². The Hall–Kier alpha value is -2.36. The quantitative estimate of drug-likeness (QED) is 0.621. The van der Waals surface area contributed by atoms with Gasteiger partial charge < -0.3 is 0 Å². The van der Waals surface area contributed by atoms with Crippen LogP contribution >= 0.6 is 11.3 Å². The molecule has 0 N–H and O–H groups in total. The summed E-state index contributed by atoms with van der Waals surface area (Å²) in [6.45, 7) is 0.611. The molecule has 2 aromatic heterocycles. The van der Waals surface area contributed by atoms with Gasteiger partial charge in [-0.3, -0.25) is 14.7 Å². The van der Waals surface area contributed by atoms with Crippen molar-refractivity contribution in [2.45, 2.75) is 31.8 Å². The molecule has 7 nitrogen and oxygen atoms in total. The number of hydrogen-bond acceptors (Lipinski definition) is 6. The molecule has 152 valence electrons. The fourth-order valence-corrected chi connectivity index (χ4v) is 5.69. The van der Waals surface area contributed by atoms with E-state index < -0.39 is 16.1 Å². The van der Waals surface area contributed by atoms with Gasteiger partial charge in [-0.15, -0.1) is 0 Å². The highest BCUT2D eigenvalue weighted by molar-refractivity contribution is 7.88. The van der Waals surface area contributed by atoms with Gasteiger partial charge in [0.05, 0.1) is 28.7 Å². The SMILES string of the molecule is CS(=O)(=O)N1CCCC[C@H]1C(=O)N(Cc1ccccn1)c1nc2ccccc2s1. The number of hydrogen-bond donors (Lipinski definition) is 0. The van der Waals surface area contributed by atoms with E-state index >= 15 is 0 Å². The molecular weight excluding hydrogens is 408 g/mol. The molecule has 0 aliphatic carbocycles. The number of rotatable bonds is 5. The summed E-state index contributed by atoms with van der Waals surface area (Å²) >= 11 is 1.42. The zero-order valence-electron chi connectivity index (χ0n) is 16.1. The number of benzene rings is 1. The largest absolute Gasteiger partial charge is 0.281 e. The highest BCUT2D eigenvalue weighted by atomic mass is 32.2. The van der Waals surface area contributed by atoms with Crippen molar-refractivity contribution in [3.8, 4) is 0 Å². The van der Waals surface area contributed by atoms with Crippen LogP contribution in [0.3, 0.4) is 0 Å². The van der Waals surface area contributed by atoms with Gasteiger partial charge in [0.2, 0.25) is 15.9 Å². The summed E-state index contributed by atoms with van der Waals surface area (Å²) in [6, 6.07) is 12.5. The lowest BCUT2D eigenvalue weighted by atomic mass is 10.0. The predicted molar refractivity (Wildman–Crippen MR) is 114 cm³/mol. The first-order valence-corrected chi connectivity index (χ1v) is 12.1. The van der Waals surface area contributed by atoms with Crippen LogP contribution in [0.1, 0.15) is 25.0 Å². The molecular formula is C20H22N4O3S2. The number of para-hydroxylation sites is 1. The fraction of sp³-hybridized carbons (Fsp3) is 0.350. The Morgan fingerprint density at radius 3 is 2.72 bits per heavy atom. The predicted octanol–water partition coefficient (Wildman–Crippen LogP) is 3.04. The van der Waals surface area contributed by atoms with E-state index in [1.165, 1.54) is 21.9 Å². The van der Waals surface area contributed by atoms with Crippen LogP contribution in [0.5, 0.6) is 0 Å². The molecule has 1 aliphatic rings. The van der Waals surface area contributed by atoms with E-state index in [4.69, 9.17) is 0 Å². The maximum atomic E-state index is 13.6. The van der Waals surface area contributed by atoms with Crippen LogP contribution in [0.25, 0.3) is 10.2 Å². The number of piperidine rings is 1. The van der Waals surface area contributed by atoms with Crippen LogP contribution in [0.15, 0.2) is 48.7 Å². The van der Waals surface area contributed by atoms with Crippen molar-refractivity contribution in [1.82, 2.24) is 14.3 Å². The lowest BCUT2D eigenvalue weighted by Gasteiger charge is -2.35. The molecule has 1 fully saturated rings. The highest BCUT2D eigenvalue weighted by Gasteiger charge is 2.38. The van der Waals surface area contributed by atoms with Gasteiger partial charge in [0, 0.05) is 12.7 Å². The van der Waals surface area contributed by atoms with Crippen LogP contribution in [-0.4, -0.2) is 47.4 Å². The van der Waals surface area contributed by atoms with Crippen molar-refractivity contribution in [2.24, 2.45) is 0 Å². The molecule has 1 atom stereocenters. The number of anilines is 1. The van der Waals surface area contributed by atoms with E-state index in [-0.39, 0.29) is 12.5 Å². The molecule has 1 amide bonds. The van der Waals surface area contributed by atoms with E-state index in [0.29, 0.717) is 18.1 Å². The van der Waals surface area contributed by atoms with Gasteiger partial charge in [0.25, 0.3) is 0 Å². The minimum Gasteiger partial charge on any atom is -0.281 e. The zero-order valence-corrected chi connectivity index (χ0v) is 17.7. The molecule has 9 heteroatoms. The summed E-state index contributed by atoms with van der Waals surface area (Å²) in [5.74, 6) is -0.250. The van der Waals surface area contributed by atoms with Gasteiger partial charge in [0.1, 0.15) is 6.04 Å². The van der Waals surface area contributed by atoms with Gasteiger partial charge in [-0.05, 0) is 37.1 Å². The molecule has 0 bridgehead atoms. The zero-order chi connectivity index (χ0) is 20.4. The minimum absolute atomic E-state index is 0.244. The molecule has 1 aromatic carbocycles. The molecule has 0 saturated carbocycles. The molecule has 0 spiro atoms. The Labute approximate surface area is 174 Å². The lowest BCUT2D eigenvalue weighted by molar-refractivity contribution is -0.123. The van der Waals surface area contributed by atoms with Crippen LogP contribution in [-0.2, 0) is 21.4 Å². The van der Waals surface area contributed by atoms with E-state index in [9.17, 15) is 13.2 Å². The molecule has 3 heterocycles. The third-order valence-corrected chi connectivity index (χ3v) is 7.34. The second-order valence-electron chi connectivity index (χ2n) is 7.09. The van der Waals surface area contributed by atoms with Gasteiger partial charge in [-0.25, -0.2) is 13.4 Å². The molecule has 4 rings (SSSR count). The van der Waals surface area contributed by atoms with Crippen molar-refractivity contribution < 1.29 is 13.2 Å². The van der Waals surface area contributed by atoms with Crippen LogP contribution in [0.2, 0.25) is 0 Å². The Morgan fingerprint density at radius 1 is 1.21 bits per heavy atom. The summed E-state index contributed by atoms with van der Waals surface area (Å²) < 4.78 is 26.9. The number of carbonyl (C=O) groups excluding carboxylic acids is 1. The number of fused-ring (bicyclic) bond motifs is 1. The summed E-state index contributed by atoms with van der Waals surface area (Å²) in [6.07, 6.45) is 4.94. The molecule has 1 saturated heterocycles. The monoisotopic (exact) mass is 430 g/mol. The smallest absolute Gasteiger partial charge is 0.247 e. The Kier molecular flexibility index (Phi) is 5.62. The van der Waals surface area contributed by atoms with Gasteiger partial charge in [0.15, 0.2) is 5.13 Å². The summed E-state index contributed by atoms with van der Waals surface area (Å²) in [5.41, 5.74) is 1.54. The molecule has 0 radical (unpaired) electrons. The van der Waals surface area contributed by atoms with Crippen molar-refractivity contribution in [1.29, 1.82) is 0 Å². The third-order valence-electron chi connectivity index (χ3n) is 4.99. The number of amides is 1. The van der Waals surface area contributed by atoms with Gasteiger partial charge in [-0.1, -0.05) is 36.0 Å². The molecule has 3 aromatic rings. The minimum atomic E-state index is -3.48. The van der Waals surface area contributed by atoms with E-state index in [1.807, 2.05) is 42.5 Å². The second-order valence-corrected chi connectivity index (χ2v) is 10.0. The lowest BCUT2D eigenvalue weighted by Crippen LogP contribution is -2.52. The molecule has 29 heavy (non-hydrogen) atoms. The first-order valence-electron chi connectivity index (χ1n) is 9.47. The summed E-state index contributed by atoms with van der Waals surface area (Å²) in [4.78, 5) is 24.2. The van der Waals surface area contributed by atoms with Crippen molar-refractivity contribution in [2.75, 3.05) is 17.7 Å². The Bertz CT molecular complexity index is 1080. The molecule has 0 unspecified atom stereocenters. The number of sulfonamides is 1. The van der Waals surface area contributed by atoms with Crippen LogP contribution < -0.4 is 4.90 Å². The first kappa shape index (κ1) is 19.9. The van der Waals surface area contributed by atoms with Gasteiger partial charge >= 0.3 is 0 Å². The Balaban J connectivity index is 1.73. The first-order chi connectivity index (χ1) is 13.9. The van der Waals surface area contributed by atoms with E-state index in [1.54, 1.807) is 11.1 Å². The topological polar surface area (TPSA) is 83.5 Å². The number of pyridine rings is 1. The standard InChI is InChI=1S/C20H22N4O3S2/c1-29(26,27)24-13-7-5-10-17(24)19(25)23(14-15-8-4-6-12-21-15)20-22-16-9-2-3-11-18(16)28-20/h2-4,6,8-9,11-12,17H,5,7,10,13-14H2,1H3/t17-/m0/s1. The van der Waals surface area contributed by atoms with Crippen LogP contribution in [0, 0.1) is 0 Å². The number of carbonyl (C=O) groups is 1. The van der Waals surface area contributed by atoms with Crippen molar-refractivity contribution >= 4 is 42.6 Å². The summed E-state index contributed by atoms with van der Waals surface area (Å²) in [5, 5.41) is 0.556. The number of nitrogens with zero attached hydrogens (tertiary/aromatic N) is 4. The van der Waals surface area contributed by atoms with Crippen LogP contribution in [0.4, 0.5) is 5.13 Å². The maximum Gasteiger partial charge on any atom is 0.247 e. The van der Waals surface area contributed by atoms with E-state index in [0.717, 1.165) is 28.8 Å². The fourth-order valence-electron chi connectivity index (χ4n) is 3.60. The average molecular weight is 431 g/mol.